The van der Waals surface area contributed by atoms with Crippen LogP contribution in [0.1, 0.15) is 17.4 Å². The maximum Gasteiger partial charge on any atom is 0.241 e. The van der Waals surface area contributed by atoms with Crippen molar-refractivity contribution < 1.29 is 9.32 Å². The molecule has 0 aliphatic carbocycles. The molecule has 26 heavy (non-hydrogen) atoms. The topological polar surface area (TPSA) is 62.5 Å². The lowest BCUT2D eigenvalue weighted by molar-refractivity contribution is -0.120. The van der Waals surface area contributed by atoms with Crippen LogP contribution in [-0.4, -0.2) is 47.1 Å². The van der Waals surface area contributed by atoms with E-state index in [1.165, 1.54) is 5.56 Å². The van der Waals surface area contributed by atoms with Crippen LogP contribution in [0.4, 0.5) is 5.69 Å². The van der Waals surface area contributed by atoms with Crippen molar-refractivity contribution >= 4 is 22.9 Å². The van der Waals surface area contributed by atoms with Gasteiger partial charge in [-0.15, -0.1) is 11.3 Å². The highest BCUT2D eigenvalue weighted by atomic mass is 32.1. The van der Waals surface area contributed by atoms with E-state index < -0.39 is 0 Å². The van der Waals surface area contributed by atoms with Crippen LogP contribution < -0.4 is 4.90 Å². The summed E-state index contributed by atoms with van der Waals surface area (Å²) in [7, 11) is 0. The molecular formula is C19H18N4O2S. The van der Waals surface area contributed by atoms with E-state index in [0.29, 0.717) is 18.3 Å². The summed E-state index contributed by atoms with van der Waals surface area (Å²) < 4.78 is 5.42. The largest absolute Gasteiger partial charge is 0.339 e. The first kappa shape index (κ1) is 15.7. The van der Waals surface area contributed by atoms with E-state index in [9.17, 15) is 4.79 Å². The van der Waals surface area contributed by atoms with Gasteiger partial charge in [-0.1, -0.05) is 29.4 Å². The monoisotopic (exact) mass is 366 g/mol. The van der Waals surface area contributed by atoms with Crippen LogP contribution in [0.3, 0.4) is 0 Å². The van der Waals surface area contributed by atoms with Gasteiger partial charge in [-0.3, -0.25) is 9.69 Å². The van der Waals surface area contributed by atoms with Gasteiger partial charge in [0.05, 0.1) is 17.3 Å². The summed E-state index contributed by atoms with van der Waals surface area (Å²) in [5.41, 5.74) is 2.32. The first-order chi connectivity index (χ1) is 12.8. The second-order valence-electron chi connectivity index (χ2n) is 6.75. The van der Waals surface area contributed by atoms with Gasteiger partial charge in [0.2, 0.25) is 17.6 Å². The Hall–Kier alpha value is -2.51. The molecule has 4 heterocycles. The zero-order valence-electron chi connectivity index (χ0n) is 14.2. The maximum atomic E-state index is 12.6. The van der Waals surface area contributed by atoms with Crippen LogP contribution in [0.25, 0.3) is 10.7 Å². The first-order valence-corrected chi connectivity index (χ1v) is 9.64. The van der Waals surface area contributed by atoms with E-state index in [1.807, 2.05) is 40.6 Å². The number of aromatic nitrogens is 2. The number of fused-ring (bicyclic) bond motifs is 1. The van der Waals surface area contributed by atoms with E-state index in [1.54, 1.807) is 11.3 Å². The van der Waals surface area contributed by atoms with E-state index in [-0.39, 0.29) is 11.8 Å². The summed E-state index contributed by atoms with van der Waals surface area (Å²) in [6.07, 6.45) is 0.942. The third-order valence-electron chi connectivity index (χ3n) is 5.04. The number of benzene rings is 1. The molecular weight excluding hydrogens is 348 g/mol. The minimum atomic E-state index is 0.165. The average molecular weight is 366 g/mol. The number of rotatable bonds is 4. The molecule has 5 rings (SSSR count). The molecule has 1 fully saturated rings. The van der Waals surface area contributed by atoms with Gasteiger partial charge in [-0.05, 0) is 29.5 Å². The predicted octanol–water partition coefficient (Wildman–Crippen LogP) is 2.79. The van der Waals surface area contributed by atoms with Crippen molar-refractivity contribution in [2.75, 3.05) is 31.1 Å². The Kier molecular flexibility index (Phi) is 3.83. The molecule has 7 heteroatoms. The van der Waals surface area contributed by atoms with Gasteiger partial charge in [0.1, 0.15) is 0 Å². The molecule has 1 amide bonds. The minimum absolute atomic E-state index is 0.165. The van der Waals surface area contributed by atoms with Gasteiger partial charge in [0.15, 0.2) is 0 Å². The second kappa shape index (κ2) is 6.34. The van der Waals surface area contributed by atoms with Crippen LogP contribution in [0, 0.1) is 0 Å². The number of likely N-dealkylation sites (tertiary alicyclic amines) is 1. The molecule has 1 aromatic carbocycles. The highest BCUT2D eigenvalue weighted by molar-refractivity contribution is 7.13. The molecule has 2 aromatic heterocycles. The molecule has 0 atom stereocenters. The quantitative estimate of drug-likeness (QED) is 0.710. The van der Waals surface area contributed by atoms with Crippen LogP contribution in [0.5, 0.6) is 0 Å². The summed E-state index contributed by atoms with van der Waals surface area (Å²) >= 11 is 1.60. The SMILES string of the molecule is O=C(CN1CC(c2nc(-c3cccs3)no2)C1)N1CCc2ccccc21. The number of thiophene rings is 1. The number of hydrogen-bond donors (Lipinski definition) is 0. The standard InChI is InChI=1S/C19H18N4O2S/c24-17(23-8-7-13-4-1-2-5-15(13)23)12-22-10-14(11-22)19-20-18(21-25-19)16-6-3-9-26-16/h1-6,9,14H,7-8,10-12H2. The van der Waals surface area contributed by atoms with E-state index in [2.05, 4.69) is 21.1 Å². The normalized spacial score (nSPS) is 17.3. The van der Waals surface area contributed by atoms with Gasteiger partial charge >= 0.3 is 0 Å². The van der Waals surface area contributed by atoms with Crippen molar-refractivity contribution in [1.82, 2.24) is 15.0 Å². The highest BCUT2D eigenvalue weighted by Crippen LogP contribution is 2.31. The smallest absolute Gasteiger partial charge is 0.241 e. The number of carbonyl (C=O) groups is 1. The third kappa shape index (κ3) is 2.73. The zero-order valence-corrected chi connectivity index (χ0v) is 15.0. The Labute approximate surface area is 155 Å². The molecule has 0 N–H and O–H groups in total. The summed E-state index contributed by atoms with van der Waals surface area (Å²) in [6, 6.07) is 12.1. The van der Waals surface area contributed by atoms with Crippen molar-refractivity contribution in [2.24, 2.45) is 0 Å². The van der Waals surface area contributed by atoms with Gasteiger partial charge in [0, 0.05) is 25.3 Å². The predicted molar refractivity (Wildman–Crippen MR) is 99.3 cm³/mol. The summed E-state index contributed by atoms with van der Waals surface area (Å²) in [5.74, 6) is 1.70. The Morgan fingerprint density at radius 3 is 2.96 bits per heavy atom. The molecule has 0 radical (unpaired) electrons. The molecule has 3 aromatic rings. The van der Waals surface area contributed by atoms with Crippen molar-refractivity contribution in [2.45, 2.75) is 12.3 Å². The first-order valence-electron chi connectivity index (χ1n) is 8.76. The molecule has 0 saturated carbocycles. The molecule has 0 bridgehead atoms. The second-order valence-corrected chi connectivity index (χ2v) is 7.70. The Balaban J connectivity index is 1.18. The number of nitrogens with zero attached hydrogens (tertiary/aromatic N) is 4. The summed E-state index contributed by atoms with van der Waals surface area (Å²) in [4.78, 5) is 22.2. The number of para-hydroxylation sites is 1. The van der Waals surface area contributed by atoms with Crippen molar-refractivity contribution in [3.8, 4) is 10.7 Å². The van der Waals surface area contributed by atoms with Gasteiger partial charge in [-0.25, -0.2) is 0 Å². The van der Waals surface area contributed by atoms with E-state index >= 15 is 0 Å². The van der Waals surface area contributed by atoms with Crippen LogP contribution in [0.2, 0.25) is 0 Å². The summed E-state index contributed by atoms with van der Waals surface area (Å²) in [6.45, 7) is 2.79. The fraction of sp³-hybridized carbons (Fsp3) is 0.316. The molecule has 132 valence electrons. The minimum Gasteiger partial charge on any atom is -0.339 e. The molecule has 2 aliphatic heterocycles. The number of hydrogen-bond acceptors (Lipinski definition) is 6. The summed E-state index contributed by atoms with van der Waals surface area (Å²) in [5, 5.41) is 6.06. The zero-order chi connectivity index (χ0) is 17.5. The average Bonchev–Trinajstić information content (AvgIpc) is 3.37. The maximum absolute atomic E-state index is 12.6. The van der Waals surface area contributed by atoms with Crippen molar-refractivity contribution in [3.63, 3.8) is 0 Å². The Morgan fingerprint density at radius 2 is 2.12 bits per heavy atom. The lowest BCUT2D eigenvalue weighted by Crippen LogP contribution is -2.50. The number of amides is 1. The number of anilines is 1. The third-order valence-corrected chi connectivity index (χ3v) is 5.90. The fourth-order valence-electron chi connectivity index (χ4n) is 3.64. The molecule has 0 unspecified atom stereocenters. The van der Waals surface area contributed by atoms with Crippen LogP contribution in [-0.2, 0) is 11.2 Å². The van der Waals surface area contributed by atoms with E-state index in [0.717, 1.165) is 36.6 Å². The van der Waals surface area contributed by atoms with Crippen molar-refractivity contribution in [3.05, 3.63) is 53.2 Å². The van der Waals surface area contributed by atoms with Crippen LogP contribution in [0.15, 0.2) is 46.3 Å². The Bertz CT molecular complexity index is 931. The molecule has 2 aliphatic rings. The number of carbonyl (C=O) groups excluding carboxylic acids is 1. The van der Waals surface area contributed by atoms with Gasteiger partial charge < -0.3 is 9.42 Å². The Morgan fingerprint density at radius 1 is 1.23 bits per heavy atom. The van der Waals surface area contributed by atoms with Gasteiger partial charge in [0.25, 0.3) is 0 Å². The molecule has 1 saturated heterocycles. The molecule has 6 nitrogen and oxygen atoms in total. The lowest BCUT2D eigenvalue weighted by Gasteiger charge is -2.37. The van der Waals surface area contributed by atoms with E-state index in [4.69, 9.17) is 4.52 Å². The van der Waals surface area contributed by atoms with Crippen LogP contribution >= 0.6 is 11.3 Å². The molecule has 0 spiro atoms. The highest BCUT2D eigenvalue weighted by Gasteiger charge is 2.35. The van der Waals surface area contributed by atoms with Crippen molar-refractivity contribution in [1.29, 1.82) is 0 Å². The fourth-order valence-corrected chi connectivity index (χ4v) is 4.29. The van der Waals surface area contributed by atoms with Gasteiger partial charge in [-0.2, -0.15) is 4.98 Å². The lowest BCUT2D eigenvalue weighted by atomic mass is 10.0.